The van der Waals surface area contributed by atoms with E-state index < -0.39 is 0 Å². The van der Waals surface area contributed by atoms with E-state index in [0.717, 1.165) is 25.0 Å². The summed E-state index contributed by atoms with van der Waals surface area (Å²) in [5, 5.41) is 3.56. The van der Waals surface area contributed by atoms with Gasteiger partial charge in [-0.3, -0.25) is 0 Å². The van der Waals surface area contributed by atoms with Crippen LogP contribution in [0.4, 0.5) is 0 Å². The molecule has 2 atom stereocenters. The molecule has 0 amide bonds. The molecule has 1 aliphatic heterocycles. The van der Waals surface area contributed by atoms with Gasteiger partial charge in [0.1, 0.15) is 0 Å². The van der Waals surface area contributed by atoms with Gasteiger partial charge in [-0.2, -0.15) is 0 Å². The summed E-state index contributed by atoms with van der Waals surface area (Å²) in [6.45, 7) is 12.8. The highest BCUT2D eigenvalue weighted by molar-refractivity contribution is 4.95. The SMILES string of the molecule is C=C(C)COCCNC1(CN)CC(C)OC(C)C1. The molecule has 1 heterocycles. The highest BCUT2D eigenvalue weighted by atomic mass is 16.5. The zero-order valence-electron chi connectivity index (χ0n) is 12.0. The Morgan fingerprint density at radius 2 is 2.06 bits per heavy atom. The Kier molecular flexibility index (Phi) is 6.29. The van der Waals surface area contributed by atoms with E-state index in [9.17, 15) is 0 Å². The average Bonchev–Trinajstić information content (AvgIpc) is 2.27. The number of hydrogen-bond donors (Lipinski definition) is 2. The summed E-state index contributed by atoms with van der Waals surface area (Å²) in [4.78, 5) is 0. The van der Waals surface area contributed by atoms with Gasteiger partial charge in [0.2, 0.25) is 0 Å². The Labute approximate surface area is 111 Å². The van der Waals surface area contributed by atoms with Crippen LogP contribution in [0.5, 0.6) is 0 Å². The van der Waals surface area contributed by atoms with Crippen molar-refractivity contribution >= 4 is 0 Å². The van der Waals surface area contributed by atoms with Crippen molar-refractivity contribution in [2.24, 2.45) is 5.73 Å². The normalized spacial score (nSPS) is 32.4. The third-order valence-electron chi connectivity index (χ3n) is 3.31. The molecule has 0 aromatic heterocycles. The first-order valence-corrected chi connectivity index (χ1v) is 6.80. The average molecular weight is 256 g/mol. The lowest BCUT2D eigenvalue weighted by Crippen LogP contribution is -2.58. The predicted molar refractivity (Wildman–Crippen MR) is 74.7 cm³/mol. The fourth-order valence-corrected chi connectivity index (χ4v) is 2.69. The first kappa shape index (κ1) is 15.6. The van der Waals surface area contributed by atoms with E-state index in [1.807, 2.05) is 6.92 Å². The molecule has 0 aromatic carbocycles. The van der Waals surface area contributed by atoms with Crippen LogP contribution in [0.15, 0.2) is 12.2 Å². The molecule has 3 N–H and O–H groups in total. The third kappa shape index (κ3) is 5.06. The predicted octanol–water partition coefficient (Wildman–Crippen LogP) is 1.45. The Morgan fingerprint density at radius 1 is 1.44 bits per heavy atom. The molecule has 18 heavy (non-hydrogen) atoms. The molecule has 1 aliphatic rings. The van der Waals surface area contributed by atoms with Crippen LogP contribution in [0.3, 0.4) is 0 Å². The quantitative estimate of drug-likeness (QED) is 0.535. The van der Waals surface area contributed by atoms with Crippen molar-refractivity contribution in [3.63, 3.8) is 0 Å². The molecule has 106 valence electrons. The Morgan fingerprint density at radius 3 is 2.56 bits per heavy atom. The zero-order valence-corrected chi connectivity index (χ0v) is 12.0. The van der Waals surface area contributed by atoms with E-state index in [0.29, 0.717) is 19.8 Å². The monoisotopic (exact) mass is 256 g/mol. The summed E-state index contributed by atoms with van der Waals surface area (Å²) in [5.41, 5.74) is 7.01. The summed E-state index contributed by atoms with van der Waals surface area (Å²) in [6.07, 6.45) is 2.46. The molecule has 2 unspecified atom stereocenters. The third-order valence-corrected chi connectivity index (χ3v) is 3.31. The van der Waals surface area contributed by atoms with Gasteiger partial charge in [-0.15, -0.1) is 0 Å². The van der Waals surface area contributed by atoms with Crippen molar-refractivity contribution in [1.82, 2.24) is 5.32 Å². The lowest BCUT2D eigenvalue weighted by Gasteiger charge is -2.43. The van der Waals surface area contributed by atoms with E-state index in [1.165, 1.54) is 0 Å². The van der Waals surface area contributed by atoms with Crippen LogP contribution in [0.25, 0.3) is 0 Å². The fourth-order valence-electron chi connectivity index (χ4n) is 2.69. The number of hydrogen-bond acceptors (Lipinski definition) is 4. The first-order chi connectivity index (χ1) is 8.47. The molecule has 0 spiro atoms. The maximum Gasteiger partial charge on any atom is 0.0672 e. The number of rotatable bonds is 7. The molecule has 1 saturated heterocycles. The molecule has 1 rings (SSSR count). The molecule has 0 saturated carbocycles. The first-order valence-electron chi connectivity index (χ1n) is 6.80. The smallest absolute Gasteiger partial charge is 0.0672 e. The van der Waals surface area contributed by atoms with Crippen molar-refractivity contribution < 1.29 is 9.47 Å². The number of ether oxygens (including phenoxy) is 2. The van der Waals surface area contributed by atoms with Crippen molar-refractivity contribution in [2.45, 2.75) is 51.4 Å². The van der Waals surface area contributed by atoms with E-state index in [2.05, 4.69) is 25.7 Å². The topological polar surface area (TPSA) is 56.5 Å². The summed E-state index contributed by atoms with van der Waals surface area (Å²) in [5.74, 6) is 0. The molecule has 0 bridgehead atoms. The van der Waals surface area contributed by atoms with Crippen molar-refractivity contribution in [3.05, 3.63) is 12.2 Å². The second kappa shape index (κ2) is 7.24. The lowest BCUT2D eigenvalue weighted by molar-refractivity contribution is -0.0679. The molecule has 1 fully saturated rings. The molecular formula is C14H28N2O2. The van der Waals surface area contributed by atoms with Crippen LogP contribution >= 0.6 is 0 Å². The van der Waals surface area contributed by atoms with Gasteiger partial charge in [0, 0.05) is 18.6 Å². The van der Waals surface area contributed by atoms with Gasteiger partial charge < -0.3 is 20.5 Å². The van der Waals surface area contributed by atoms with E-state index in [1.54, 1.807) is 0 Å². The number of nitrogens with one attached hydrogen (secondary N) is 1. The van der Waals surface area contributed by atoms with Gasteiger partial charge in [0.25, 0.3) is 0 Å². The lowest BCUT2D eigenvalue weighted by atomic mass is 9.84. The second-order valence-corrected chi connectivity index (χ2v) is 5.59. The Hall–Kier alpha value is -0.420. The minimum absolute atomic E-state index is 0.00364. The summed E-state index contributed by atoms with van der Waals surface area (Å²) in [6, 6.07) is 0. The maximum atomic E-state index is 5.95. The van der Waals surface area contributed by atoms with Crippen LogP contribution in [0.1, 0.15) is 33.6 Å². The molecule has 0 aliphatic carbocycles. The molecular weight excluding hydrogens is 228 g/mol. The van der Waals surface area contributed by atoms with E-state index in [-0.39, 0.29) is 17.7 Å². The fraction of sp³-hybridized carbons (Fsp3) is 0.857. The summed E-state index contributed by atoms with van der Waals surface area (Å²) >= 11 is 0. The van der Waals surface area contributed by atoms with Gasteiger partial charge in [-0.1, -0.05) is 12.2 Å². The Bertz CT molecular complexity index is 259. The summed E-state index contributed by atoms with van der Waals surface area (Å²) in [7, 11) is 0. The minimum atomic E-state index is 0.00364. The van der Waals surface area contributed by atoms with Gasteiger partial charge >= 0.3 is 0 Å². The van der Waals surface area contributed by atoms with Crippen molar-refractivity contribution in [1.29, 1.82) is 0 Å². The van der Waals surface area contributed by atoms with Gasteiger partial charge in [0.15, 0.2) is 0 Å². The van der Waals surface area contributed by atoms with Crippen molar-refractivity contribution in [2.75, 3.05) is 26.3 Å². The minimum Gasteiger partial charge on any atom is -0.376 e. The molecule has 0 radical (unpaired) electrons. The van der Waals surface area contributed by atoms with Crippen LogP contribution in [-0.4, -0.2) is 44.1 Å². The molecule has 4 nitrogen and oxygen atoms in total. The van der Waals surface area contributed by atoms with Crippen molar-refractivity contribution in [3.8, 4) is 0 Å². The summed E-state index contributed by atoms with van der Waals surface area (Å²) < 4.78 is 11.3. The van der Waals surface area contributed by atoms with Crippen LogP contribution < -0.4 is 11.1 Å². The highest BCUT2D eigenvalue weighted by Gasteiger charge is 2.36. The van der Waals surface area contributed by atoms with E-state index in [4.69, 9.17) is 15.2 Å². The Balaban J connectivity index is 2.33. The zero-order chi connectivity index (χ0) is 13.6. The van der Waals surface area contributed by atoms with E-state index >= 15 is 0 Å². The molecule has 0 aromatic rings. The molecule has 4 heteroatoms. The van der Waals surface area contributed by atoms with Gasteiger partial charge in [-0.05, 0) is 33.6 Å². The van der Waals surface area contributed by atoms with Crippen LogP contribution in [0, 0.1) is 0 Å². The second-order valence-electron chi connectivity index (χ2n) is 5.59. The largest absolute Gasteiger partial charge is 0.376 e. The maximum absolute atomic E-state index is 5.95. The number of nitrogens with two attached hydrogens (primary N) is 1. The van der Waals surface area contributed by atoms with Gasteiger partial charge in [0.05, 0.1) is 25.4 Å². The highest BCUT2D eigenvalue weighted by Crippen LogP contribution is 2.27. The standard InChI is InChI=1S/C14H28N2O2/c1-11(2)9-17-6-5-16-14(10-15)7-12(3)18-13(4)8-14/h12-13,16H,1,5-10,15H2,2-4H3. The van der Waals surface area contributed by atoms with Crippen LogP contribution in [0.2, 0.25) is 0 Å². The van der Waals surface area contributed by atoms with Crippen LogP contribution in [-0.2, 0) is 9.47 Å². The van der Waals surface area contributed by atoms with Gasteiger partial charge in [-0.25, -0.2) is 0 Å².